The zero-order valence-corrected chi connectivity index (χ0v) is 19.7. The number of ether oxygens (including phenoxy) is 1. The molecular weight excluding hydrogens is 404 g/mol. The van der Waals surface area contributed by atoms with Crippen molar-refractivity contribution in [3.8, 4) is 5.75 Å². The molecule has 0 fully saturated rings. The van der Waals surface area contributed by atoms with Gasteiger partial charge in [0.05, 0.1) is 12.8 Å². The van der Waals surface area contributed by atoms with Crippen molar-refractivity contribution in [1.29, 1.82) is 0 Å². The SMILES string of the molecule is COc1cc(Sc2ccccc2)cc(N)c1NCCCO.Cc1ccc(C(C)C)cc1. The highest BCUT2D eigenvalue weighted by Crippen LogP contribution is 2.38. The number of hydrogen-bond acceptors (Lipinski definition) is 5. The topological polar surface area (TPSA) is 67.5 Å². The van der Waals surface area contributed by atoms with E-state index in [1.807, 2.05) is 30.3 Å². The Morgan fingerprint density at radius 1 is 1.00 bits per heavy atom. The number of benzene rings is 3. The fourth-order valence-corrected chi connectivity index (χ4v) is 3.81. The Labute approximate surface area is 190 Å². The number of aliphatic hydroxyl groups excluding tert-OH is 1. The van der Waals surface area contributed by atoms with Crippen LogP contribution in [0.2, 0.25) is 0 Å². The minimum absolute atomic E-state index is 0.150. The van der Waals surface area contributed by atoms with Crippen LogP contribution < -0.4 is 15.8 Å². The van der Waals surface area contributed by atoms with Crippen molar-refractivity contribution in [3.05, 3.63) is 77.9 Å². The number of hydrogen-bond donors (Lipinski definition) is 3. The molecule has 3 rings (SSSR count). The van der Waals surface area contributed by atoms with Crippen LogP contribution in [0.4, 0.5) is 11.4 Å². The number of rotatable bonds is 8. The van der Waals surface area contributed by atoms with E-state index in [0.29, 0.717) is 30.3 Å². The third-order valence-electron chi connectivity index (χ3n) is 4.69. The first kappa shape index (κ1) is 24.6. The zero-order chi connectivity index (χ0) is 22.6. The Bertz CT molecular complexity index is 913. The molecule has 3 aromatic carbocycles. The van der Waals surface area contributed by atoms with Gasteiger partial charge in [0.1, 0.15) is 11.4 Å². The fraction of sp³-hybridized carbons (Fsp3) is 0.308. The predicted octanol–water partition coefficient (Wildman–Crippen LogP) is 6.34. The summed E-state index contributed by atoms with van der Waals surface area (Å²) in [5.74, 6) is 1.37. The Balaban J connectivity index is 0.000000285. The number of anilines is 2. The van der Waals surface area contributed by atoms with Crippen LogP contribution in [0.25, 0.3) is 0 Å². The normalized spacial score (nSPS) is 10.4. The van der Waals surface area contributed by atoms with Crippen LogP contribution in [0.5, 0.6) is 5.75 Å². The molecule has 0 heterocycles. The number of nitrogens with two attached hydrogens (primary N) is 1. The van der Waals surface area contributed by atoms with E-state index in [0.717, 1.165) is 15.5 Å². The third-order valence-corrected chi connectivity index (χ3v) is 5.66. The molecule has 0 aromatic heterocycles. The average Bonchev–Trinajstić information content (AvgIpc) is 2.76. The lowest BCUT2D eigenvalue weighted by Gasteiger charge is -2.15. The van der Waals surface area contributed by atoms with Crippen LogP contribution in [0, 0.1) is 6.92 Å². The fourth-order valence-electron chi connectivity index (χ4n) is 2.89. The molecule has 0 bridgehead atoms. The lowest BCUT2D eigenvalue weighted by Crippen LogP contribution is -2.07. The van der Waals surface area contributed by atoms with E-state index in [1.54, 1.807) is 18.9 Å². The summed E-state index contributed by atoms with van der Waals surface area (Å²) in [4.78, 5) is 2.18. The standard InChI is InChI=1S/C16H20N2O2S.C10H14/c1-20-15-11-13(21-12-6-3-2-4-7-12)10-14(17)16(15)18-8-5-9-19;1-8(2)10-6-4-9(3)5-7-10/h2-4,6-7,10-11,18-19H,5,8-9,17H2,1H3;4-8H,1-3H3. The maximum Gasteiger partial charge on any atom is 0.145 e. The van der Waals surface area contributed by atoms with Gasteiger partial charge < -0.3 is 20.9 Å². The summed E-state index contributed by atoms with van der Waals surface area (Å²) in [7, 11) is 1.63. The van der Waals surface area contributed by atoms with E-state index in [-0.39, 0.29) is 6.61 Å². The van der Waals surface area contributed by atoms with E-state index in [4.69, 9.17) is 15.6 Å². The molecule has 4 nitrogen and oxygen atoms in total. The molecule has 166 valence electrons. The van der Waals surface area contributed by atoms with Gasteiger partial charge in [0.15, 0.2) is 0 Å². The van der Waals surface area contributed by atoms with Crippen molar-refractivity contribution in [2.45, 2.75) is 42.9 Å². The van der Waals surface area contributed by atoms with Crippen LogP contribution >= 0.6 is 11.8 Å². The molecule has 0 atom stereocenters. The average molecular weight is 439 g/mol. The van der Waals surface area contributed by atoms with Gasteiger partial charge in [-0.2, -0.15) is 0 Å². The van der Waals surface area contributed by atoms with Crippen LogP contribution in [-0.2, 0) is 0 Å². The van der Waals surface area contributed by atoms with E-state index >= 15 is 0 Å². The van der Waals surface area contributed by atoms with E-state index < -0.39 is 0 Å². The molecule has 0 aliphatic carbocycles. The molecule has 0 radical (unpaired) electrons. The molecule has 0 aliphatic rings. The van der Waals surface area contributed by atoms with Crippen LogP contribution in [0.15, 0.2) is 76.5 Å². The van der Waals surface area contributed by atoms with Gasteiger partial charge in [-0.25, -0.2) is 0 Å². The molecule has 0 saturated carbocycles. The highest BCUT2D eigenvalue weighted by Gasteiger charge is 2.10. The molecule has 3 aromatic rings. The first-order valence-corrected chi connectivity index (χ1v) is 11.4. The zero-order valence-electron chi connectivity index (χ0n) is 18.9. The van der Waals surface area contributed by atoms with Crippen LogP contribution in [0.3, 0.4) is 0 Å². The monoisotopic (exact) mass is 438 g/mol. The molecule has 0 amide bonds. The van der Waals surface area contributed by atoms with E-state index in [1.165, 1.54) is 11.1 Å². The Kier molecular flexibility index (Phi) is 10.3. The van der Waals surface area contributed by atoms with Crippen molar-refractivity contribution >= 4 is 23.1 Å². The lowest BCUT2D eigenvalue weighted by molar-refractivity contribution is 0.292. The Morgan fingerprint density at radius 2 is 1.68 bits per heavy atom. The van der Waals surface area contributed by atoms with Gasteiger partial charge >= 0.3 is 0 Å². The second kappa shape index (κ2) is 12.9. The van der Waals surface area contributed by atoms with Crippen LogP contribution in [-0.4, -0.2) is 25.4 Å². The maximum absolute atomic E-state index is 8.84. The van der Waals surface area contributed by atoms with Gasteiger partial charge in [-0.3, -0.25) is 0 Å². The Morgan fingerprint density at radius 3 is 2.26 bits per heavy atom. The number of aliphatic hydroxyl groups is 1. The molecule has 4 N–H and O–H groups in total. The summed E-state index contributed by atoms with van der Waals surface area (Å²) in [5.41, 5.74) is 10.3. The summed E-state index contributed by atoms with van der Waals surface area (Å²) in [6.07, 6.45) is 0.670. The third kappa shape index (κ3) is 8.19. The number of aryl methyl sites for hydroxylation is 1. The highest BCUT2D eigenvalue weighted by atomic mass is 32.2. The molecule has 0 unspecified atom stereocenters. The maximum atomic E-state index is 8.84. The minimum atomic E-state index is 0.150. The van der Waals surface area contributed by atoms with Gasteiger partial charge in [0.25, 0.3) is 0 Å². The first-order valence-electron chi connectivity index (χ1n) is 10.6. The summed E-state index contributed by atoms with van der Waals surface area (Å²) in [6.45, 7) is 7.35. The van der Waals surface area contributed by atoms with Gasteiger partial charge in [-0.05, 0) is 49.1 Å². The number of nitrogens with one attached hydrogen (secondary N) is 1. The molecule has 0 spiro atoms. The van der Waals surface area contributed by atoms with Crippen molar-refractivity contribution in [2.75, 3.05) is 31.3 Å². The first-order chi connectivity index (χ1) is 14.9. The van der Waals surface area contributed by atoms with E-state index in [2.05, 4.69) is 62.5 Å². The van der Waals surface area contributed by atoms with Crippen molar-refractivity contribution in [1.82, 2.24) is 0 Å². The minimum Gasteiger partial charge on any atom is -0.494 e. The quantitative estimate of drug-likeness (QED) is 0.283. The summed E-state index contributed by atoms with van der Waals surface area (Å²) in [5, 5.41) is 12.0. The van der Waals surface area contributed by atoms with Gasteiger partial charge in [-0.15, -0.1) is 0 Å². The van der Waals surface area contributed by atoms with Crippen LogP contribution in [0.1, 0.15) is 37.3 Å². The second-order valence-electron chi connectivity index (χ2n) is 7.57. The number of nitrogen functional groups attached to an aromatic ring is 1. The highest BCUT2D eigenvalue weighted by molar-refractivity contribution is 7.99. The Hall–Kier alpha value is -2.63. The van der Waals surface area contributed by atoms with Gasteiger partial charge in [0.2, 0.25) is 0 Å². The molecule has 5 heteroatoms. The molecule has 0 aliphatic heterocycles. The second-order valence-corrected chi connectivity index (χ2v) is 8.72. The largest absolute Gasteiger partial charge is 0.494 e. The van der Waals surface area contributed by atoms with Gasteiger partial charge in [-0.1, -0.05) is 73.6 Å². The van der Waals surface area contributed by atoms with E-state index in [9.17, 15) is 0 Å². The smallest absolute Gasteiger partial charge is 0.145 e. The van der Waals surface area contributed by atoms with Crippen molar-refractivity contribution < 1.29 is 9.84 Å². The van der Waals surface area contributed by atoms with Gasteiger partial charge in [0, 0.05) is 22.9 Å². The summed E-state index contributed by atoms with van der Waals surface area (Å²) >= 11 is 1.64. The number of methoxy groups -OCH3 is 1. The summed E-state index contributed by atoms with van der Waals surface area (Å²) < 4.78 is 5.42. The van der Waals surface area contributed by atoms with Crippen molar-refractivity contribution in [2.24, 2.45) is 0 Å². The van der Waals surface area contributed by atoms with Crippen molar-refractivity contribution in [3.63, 3.8) is 0 Å². The lowest BCUT2D eigenvalue weighted by atomic mass is 10.0. The molecule has 0 saturated heterocycles. The molecular formula is C26H34N2O2S. The molecule has 31 heavy (non-hydrogen) atoms. The summed E-state index contributed by atoms with van der Waals surface area (Å²) in [6, 6.07) is 22.7. The predicted molar refractivity (Wildman–Crippen MR) is 133 cm³/mol.